The third-order valence-corrected chi connectivity index (χ3v) is 6.11. The number of carbonyl (C=O) groups is 1. The van der Waals surface area contributed by atoms with E-state index in [-0.39, 0.29) is 5.97 Å². The highest BCUT2D eigenvalue weighted by molar-refractivity contribution is 14.1. The summed E-state index contributed by atoms with van der Waals surface area (Å²) < 4.78 is 7.17. The lowest BCUT2D eigenvalue weighted by molar-refractivity contribution is -0.151. The second-order valence-corrected chi connectivity index (χ2v) is 6.76. The van der Waals surface area contributed by atoms with Crippen molar-refractivity contribution < 1.29 is 9.53 Å². The predicted molar refractivity (Wildman–Crippen MR) is 91.9 cm³/mol. The maximum Gasteiger partial charge on any atom is 0.316 e. The third kappa shape index (κ3) is 3.39. The Balaban J connectivity index is 2.28. The molecule has 1 aliphatic carbocycles. The van der Waals surface area contributed by atoms with E-state index < -0.39 is 5.41 Å². The highest BCUT2D eigenvalue weighted by Crippen LogP contribution is 2.50. The van der Waals surface area contributed by atoms with Gasteiger partial charge in [0, 0.05) is 9.80 Å². The van der Waals surface area contributed by atoms with E-state index >= 15 is 0 Å². The quantitative estimate of drug-likeness (QED) is 0.395. The smallest absolute Gasteiger partial charge is 0.316 e. The number of hydrogen-bond acceptors (Lipinski definition) is 3. The van der Waals surface area contributed by atoms with Gasteiger partial charge in [0.2, 0.25) is 0 Å². The van der Waals surface area contributed by atoms with Crippen molar-refractivity contribution >= 4 is 40.3 Å². The van der Waals surface area contributed by atoms with Crippen LogP contribution in [0.2, 0.25) is 0 Å². The van der Waals surface area contributed by atoms with Crippen molar-refractivity contribution in [3.8, 4) is 0 Å². The second kappa shape index (κ2) is 7.50. The van der Waals surface area contributed by atoms with E-state index in [9.17, 15) is 4.79 Å². The van der Waals surface area contributed by atoms with Crippen LogP contribution in [0.4, 0.5) is 0 Å². The van der Waals surface area contributed by atoms with E-state index in [1.165, 1.54) is 18.4 Å². The minimum atomic E-state index is -0.436. The first-order valence-electron chi connectivity index (χ1n) is 6.85. The van der Waals surface area contributed by atoms with Gasteiger partial charge in [-0.3, -0.25) is 4.79 Å². The molecular weight excluding hydrogens is 383 g/mol. The van der Waals surface area contributed by atoms with E-state index in [2.05, 4.69) is 38.8 Å². The molecule has 0 aliphatic heterocycles. The molecule has 1 aromatic rings. The SMILES string of the molecule is COC(=O)C1(/C(=C/I)Sc2ccccc2)CCCCC1. The number of benzene rings is 1. The number of carbonyl (C=O) groups excluding carboxylic acids is 1. The first-order valence-corrected chi connectivity index (χ1v) is 8.91. The minimum Gasteiger partial charge on any atom is -0.468 e. The number of halogens is 1. The molecule has 2 nitrogen and oxygen atoms in total. The summed E-state index contributed by atoms with van der Waals surface area (Å²) in [5.41, 5.74) is -0.436. The van der Waals surface area contributed by atoms with Crippen LogP contribution < -0.4 is 0 Å². The Bertz CT molecular complexity index is 479. The highest BCUT2D eigenvalue weighted by Gasteiger charge is 2.44. The van der Waals surface area contributed by atoms with Crippen molar-refractivity contribution in [3.63, 3.8) is 0 Å². The molecule has 0 aromatic heterocycles. The third-order valence-electron chi connectivity index (χ3n) is 3.83. The zero-order valence-electron chi connectivity index (χ0n) is 11.6. The summed E-state index contributed by atoms with van der Waals surface area (Å²) in [5, 5.41) is 0. The summed E-state index contributed by atoms with van der Waals surface area (Å²) in [6.07, 6.45) is 5.20. The molecule has 0 spiro atoms. The van der Waals surface area contributed by atoms with Crippen molar-refractivity contribution in [2.75, 3.05) is 7.11 Å². The largest absolute Gasteiger partial charge is 0.468 e. The molecule has 1 aliphatic rings. The van der Waals surface area contributed by atoms with Gasteiger partial charge in [-0.1, -0.05) is 71.8 Å². The maximum absolute atomic E-state index is 12.4. The summed E-state index contributed by atoms with van der Waals surface area (Å²) in [5.74, 6) is -0.0800. The minimum absolute atomic E-state index is 0.0800. The highest BCUT2D eigenvalue weighted by atomic mass is 127. The van der Waals surface area contributed by atoms with Gasteiger partial charge in [0.15, 0.2) is 0 Å². The normalized spacial score (nSPS) is 18.6. The first kappa shape index (κ1) is 15.9. The van der Waals surface area contributed by atoms with Crippen LogP contribution >= 0.6 is 34.4 Å². The molecule has 0 heterocycles. The molecule has 4 heteroatoms. The summed E-state index contributed by atoms with van der Waals surface area (Å²) in [4.78, 5) is 14.7. The van der Waals surface area contributed by atoms with Gasteiger partial charge in [-0.05, 0) is 29.1 Å². The lowest BCUT2D eigenvalue weighted by Gasteiger charge is -2.36. The molecule has 1 aromatic carbocycles. The lowest BCUT2D eigenvalue weighted by Crippen LogP contribution is -2.35. The average Bonchev–Trinajstić information content (AvgIpc) is 2.53. The number of esters is 1. The topological polar surface area (TPSA) is 26.3 Å². The standard InChI is InChI=1S/C16H19IO2S/c1-19-15(18)16(10-6-3-7-11-16)14(12-17)20-13-8-4-2-5-9-13/h2,4-5,8-9,12H,3,6-7,10-11H2,1H3/b14-12-. The van der Waals surface area contributed by atoms with Crippen LogP contribution in [-0.2, 0) is 9.53 Å². The Morgan fingerprint density at radius 2 is 1.90 bits per heavy atom. The summed E-state index contributed by atoms with van der Waals surface area (Å²) in [7, 11) is 1.50. The Hall–Kier alpha value is -0.490. The van der Waals surface area contributed by atoms with Crippen LogP contribution in [-0.4, -0.2) is 13.1 Å². The molecule has 0 unspecified atom stereocenters. The summed E-state index contributed by atoms with van der Waals surface area (Å²) in [6, 6.07) is 10.2. The van der Waals surface area contributed by atoms with Gasteiger partial charge >= 0.3 is 5.97 Å². The van der Waals surface area contributed by atoms with Gasteiger partial charge in [-0.2, -0.15) is 0 Å². The van der Waals surface area contributed by atoms with E-state index in [1.807, 2.05) is 18.2 Å². The predicted octanol–water partition coefficient (Wildman–Crippen LogP) is 5.18. The fraction of sp³-hybridized carbons (Fsp3) is 0.438. The van der Waals surface area contributed by atoms with Gasteiger partial charge in [0.1, 0.15) is 0 Å². The van der Waals surface area contributed by atoms with Gasteiger partial charge in [0.05, 0.1) is 12.5 Å². The number of methoxy groups -OCH3 is 1. The Morgan fingerprint density at radius 1 is 1.25 bits per heavy atom. The van der Waals surface area contributed by atoms with Gasteiger partial charge < -0.3 is 4.74 Å². The van der Waals surface area contributed by atoms with Crippen LogP contribution in [0.1, 0.15) is 32.1 Å². The monoisotopic (exact) mass is 402 g/mol. The molecule has 0 radical (unpaired) electrons. The van der Waals surface area contributed by atoms with Gasteiger partial charge in [-0.15, -0.1) is 0 Å². The number of ether oxygens (including phenoxy) is 1. The number of hydrogen-bond donors (Lipinski definition) is 0. The van der Waals surface area contributed by atoms with Crippen molar-refractivity contribution in [1.29, 1.82) is 0 Å². The fourth-order valence-electron chi connectivity index (χ4n) is 2.74. The van der Waals surface area contributed by atoms with Crippen molar-refractivity contribution in [1.82, 2.24) is 0 Å². The van der Waals surface area contributed by atoms with Crippen LogP contribution in [0.25, 0.3) is 0 Å². The number of rotatable bonds is 4. The second-order valence-electron chi connectivity index (χ2n) is 5.02. The zero-order chi connectivity index (χ0) is 14.4. The molecule has 20 heavy (non-hydrogen) atoms. The average molecular weight is 402 g/mol. The fourth-order valence-corrected chi connectivity index (χ4v) is 4.79. The molecule has 0 N–H and O–H groups in total. The van der Waals surface area contributed by atoms with E-state index in [0.29, 0.717) is 0 Å². The molecule has 0 atom stereocenters. The Kier molecular flexibility index (Phi) is 5.96. The zero-order valence-corrected chi connectivity index (χ0v) is 14.6. The first-order chi connectivity index (χ1) is 9.73. The molecule has 108 valence electrons. The molecule has 0 amide bonds. The number of thioether (sulfide) groups is 1. The van der Waals surface area contributed by atoms with Crippen LogP contribution in [0, 0.1) is 5.41 Å². The van der Waals surface area contributed by atoms with Crippen molar-refractivity contribution in [3.05, 3.63) is 39.3 Å². The van der Waals surface area contributed by atoms with Crippen LogP contribution in [0.3, 0.4) is 0 Å². The van der Waals surface area contributed by atoms with Crippen LogP contribution in [0.15, 0.2) is 44.2 Å². The molecule has 1 fully saturated rings. The summed E-state index contributed by atoms with van der Waals surface area (Å²) in [6.45, 7) is 0. The van der Waals surface area contributed by atoms with Gasteiger partial charge in [-0.25, -0.2) is 0 Å². The van der Waals surface area contributed by atoms with Gasteiger partial charge in [0.25, 0.3) is 0 Å². The Labute approximate surface area is 138 Å². The summed E-state index contributed by atoms with van der Waals surface area (Å²) >= 11 is 3.94. The van der Waals surface area contributed by atoms with E-state index in [0.717, 1.165) is 30.6 Å². The Morgan fingerprint density at radius 3 is 2.45 bits per heavy atom. The molecule has 0 saturated heterocycles. The molecule has 2 rings (SSSR count). The van der Waals surface area contributed by atoms with Crippen LogP contribution in [0.5, 0.6) is 0 Å². The molecular formula is C16H19IO2S. The molecule has 0 bridgehead atoms. The lowest BCUT2D eigenvalue weighted by atomic mass is 9.74. The van der Waals surface area contributed by atoms with E-state index in [1.54, 1.807) is 11.8 Å². The van der Waals surface area contributed by atoms with E-state index in [4.69, 9.17) is 4.74 Å². The van der Waals surface area contributed by atoms with Crippen molar-refractivity contribution in [2.45, 2.75) is 37.0 Å². The maximum atomic E-state index is 12.4. The molecule has 1 saturated carbocycles. The van der Waals surface area contributed by atoms with Crippen molar-refractivity contribution in [2.24, 2.45) is 5.41 Å².